The van der Waals surface area contributed by atoms with Crippen LogP contribution in [-0.2, 0) is 4.74 Å². The maximum Gasteiger partial charge on any atom is 0.0642 e. The molecule has 2 rings (SSSR count). The third kappa shape index (κ3) is 2.50. The Morgan fingerprint density at radius 1 is 1.25 bits per heavy atom. The van der Waals surface area contributed by atoms with Crippen molar-refractivity contribution in [2.75, 3.05) is 31.2 Å². The summed E-state index contributed by atoms with van der Waals surface area (Å²) in [5.41, 5.74) is 2.43. The molecule has 1 saturated heterocycles. The van der Waals surface area contributed by atoms with Crippen molar-refractivity contribution in [3.05, 3.63) is 28.8 Å². The Kier molecular flexibility index (Phi) is 3.72. The summed E-state index contributed by atoms with van der Waals surface area (Å²) >= 11 is 6.32. The van der Waals surface area contributed by atoms with Gasteiger partial charge >= 0.3 is 0 Å². The van der Waals surface area contributed by atoms with E-state index in [1.807, 2.05) is 0 Å². The summed E-state index contributed by atoms with van der Waals surface area (Å²) in [4.78, 5) is 2.29. The molecule has 1 aliphatic rings. The Balaban J connectivity index is 2.21. The highest BCUT2D eigenvalue weighted by atomic mass is 35.5. The van der Waals surface area contributed by atoms with Crippen LogP contribution < -0.4 is 4.90 Å². The van der Waals surface area contributed by atoms with E-state index in [1.54, 1.807) is 0 Å². The smallest absolute Gasteiger partial charge is 0.0642 e. The highest BCUT2D eigenvalue weighted by Gasteiger charge is 2.14. The quantitative estimate of drug-likeness (QED) is 0.785. The van der Waals surface area contributed by atoms with Gasteiger partial charge in [0.05, 0.1) is 23.9 Å². The molecule has 0 atom stereocenters. The number of hydrogen-bond donors (Lipinski definition) is 0. The third-order valence-electron chi connectivity index (χ3n) is 2.99. The van der Waals surface area contributed by atoms with Gasteiger partial charge in [-0.3, -0.25) is 0 Å². The van der Waals surface area contributed by atoms with Crippen molar-refractivity contribution in [2.24, 2.45) is 0 Å². The fourth-order valence-corrected chi connectivity index (χ4v) is 2.25. The van der Waals surface area contributed by atoms with Crippen molar-refractivity contribution in [1.82, 2.24) is 0 Å². The molecule has 3 heteroatoms. The molecule has 0 radical (unpaired) electrons. The van der Waals surface area contributed by atoms with E-state index < -0.39 is 0 Å². The molecule has 1 fully saturated rings. The van der Waals surface area contributed by atoms with Crippen molar-refractivity contribution in [2.45, 2.75) is 19.8 Å². The molecule has 0 aromatic heterocycles. The minimum atomic E-state index is 0.524. The van der Waals surface area contributed by atoms with Gasteiger partial charge < -0.3 is 9.64 Å². The van der Waals surface area contributed by atoms with E-state index in [1.165, 1.54) is 5.56 Å². The average Bonchev–Trinajstić information content (AvgIpc) is 2.30. The maximum atomic E-state index is 6.32. The largest absolute Gasteiger partial charge is 0.378 e. The fraction of sp³-hybridized carbons (Fsp3) is 0.538. The number of morpholine rings is 1. The lowest BCUT2D eigenvalue weighted by molar-refractivity contribution is 0.122. The lowest BCUT2D eigenvalue weighted by atomic mass is 10.0. The number of halogens is 1. The Bertz CT molecular complexity index is 359. The zero-order valence-electron chi connectivity index (χ0n) is 9.87. The first-order valence-electron chi connectivity index (χ1n) is 5.80. The van der Waals surface area contributed by atoms with Gasteiger partial charge in [0.25, 0.3) is 0 Å². The summed E-state index contributed by atoms with van der Waals surface area (Å²) in [5, 5.41) is 0.855. The summed E-state index contributed by atoms with van der Waals surface area (Å²) in [7, 11) is 0. The van der Waals surface area contributed by atoms with E-state index in [4.69, 9.17) is 16.3 Å². The van der Waals surface area contributed by atoms with Gasteiger partial charge in [0.2, 0.25) is 0 Å². The molecular weight excluding hydrogens is 222 g/mol. The van der Waals surface area contributed by atoms with E-state index in [2.05, 4.69) is 36.9 Å². The normalized spacial score (nSPS) is 16.9. The van der Waals surface area contributed by atoms with Gasteiger partial charge in [-0.1, -0.05) is 31.5 Å². The number of benzene rings is 1. The topological polar surface area (TPSA) is 12.5 Å². The number of hydrogen-bond acceptors (Lipinski definition) is 2. The SMILES string of the molecule is CC(C)c1ccc(N2CCOCC2)c(Cl)c1. The second-order valence-corrected chi connectivity index (χ2v) is 4.87. The summed E-state index contributed by atoms with van der Waals surface area (Å²) in [6, 6.07) is 6.38. The summed E-state index contributed by atoms with van der Waals surface area (Å²) in [6.45, 7) is 7.81. The first-order valence-corrected chi connectivity index (χ1v) is 6.18. The zero-order chi connectivity index (χ0) is 11.5. The molecular formula is C13H18ClNO. The van der Waals surface area contributed by atoms with Gasteiger partial charge in [0.1, 0.15) is 0 Å². The summed E-state index contributed by atoms with van der Waals surface area (Å²) in [6.07, 6.45) is 0. The summed E-state index contributed by atoms with van der Waals surface area (Å²) < 4.78 is 5.34. The number of ether oxygens (including phenoxy) is 1. The van der Waals surface area contributed by atoms with Crippen LogP contribution in [0.2, 0.25) is 5.02 Å². The average molecular weight is 240 g/mol. The van der Waals surface area contributed by atoms with Gasteiger partial charge in [0.15, 0.2) is 0 Å². The minimum Gasteiger partial charge on any atom is -0.378 e. The zero-order valence-corrected chi connectivity index (χ0v) is 10.6. The van der Waals surface area contributed by atoms with Crippen LogP contribution in [0.3, 0.4) is 0 Å². The van der Waals surface area contributed by atoms with E-state index in [0.29, 0.717) is 5.92 Å². The number of anilines is 1. The second-order valence-electron chi connectivity index (χ2n) is 4.46. The number of nitrogens with zero attached hydrogens (tertiary/aromatic N) is 1. The van der Waals surface area contributed by atoms with Crippen LogP contribution in [0.1, 0.15) is 25.3 Å². The second kappa shape index (κ2) is 5.07. The van der Waals surface area contributed by atoms with Crippen molar-refractivity contribution in [3.63, 3.8) is 0 Å². The molecule has 0 spiro atoms. The maximum absolute atomic E-state index is 6.32. The molecule has 0 aliphatic carbocycles. The Hall–Kier alpha value is -0.730. The van der Waals surface area contributed by atoms with Crippen LogP contribution >= 0.6 is 11.6 Å². The summed E-state index contributed by atoms with van der Waals surface area (Å²) in [5.74, 6) is 0.524. The standard InChI is InChI=1S/C13H18ClNO/c1-10(2)11-3-4-13(12(14)9-11)15-5-7-16-8-6-15/h3-4,9-10H,5-8H2,1-2H3. The van der Waals surface area contributed by atoms with Crippen LogP contribution in [0, 0.1) is 0 Å². The minimum absolute atomic E-state index is 0.524. The van der Waals surface area contributed by atoms with Crippen LogP contribution in [0.5, 0.6) is 0 Å². The molecule has 1 aromatic rings. The fourth-order valence-electron chi connectivity index (χ4n) is 1.94. The van der Waals surface area contributed by atoms with E-state index >= 15 is 0 Å². The first-order chi connectivity index (χ1) is 7.68. The number of rotatable bonds is 2. The van der Waals surface area contributed by atoms with Crippen LogP contribution in [-0.4, -0.2) is 26.3 Å². The highest BCUT2D eigenvalue weighted by molar-refractivity contribution is 6.33. The molecule has 0 amide bonds. The first kappa shape index (κ1) is 11.7. The van der Waals surface area contributed by atoms with Crippen LogP contribution in [0.25, 0.3) is 0 Å². The van der Waals surface area contributed by atoms with E-state index in [9.17, 15) is 0 Å². The molecule has 2 nitrogen and oxygen atoms in total. The monoisotopic (exact) mass is 239 g/mol. The lowest BCUT2D eigenvalue weighted by Crippen LogP contribution is -2.36. The van der Waals surface area contributed by atoms with Crippen LogP contribution in [0.15, 0.2) is 18.2 Å². The lowest BCUT2D eigenvalue weighted by Gasteiger charge is -2.29. The van der Waals surface area contributed by atoms with E-state index in [0.717, 1.165) is 37.0 Å². The van der Waals surface area contributed by atoms with Gasteiger partial charge in [-0.15, -0.1) is 0 Å². The molecule has 1 heterocycles. The third-order valence-corrected chi connectivity index (χ3v) is 3.29. The molecule has 1 aromatic carbocycles. The van der Waals surface area contributed by atoms with Crippen molar-refractivity contribution in [1.29, 1.82) is 0 Å². The van der Waals surface area contributed by atoms with Crippen molar-refractivity contribution < 1.29 is 4.74 Å². The molecule has 88 valence electrons. The van der Waals surface area contributed by atoms with Gasteiger partial charge in [-0.25, -0.2) is 0 Å². The molecule has 0 bridgehead atoms. The highest BCUT2D eigenvalue weighted by Crippen LogP contribution is 2.29. The Morgan fingerprint density at radius 2 is 1.94 bits per heavy atom. The molecule has 1 aliphatic heterocycles. The molecule has 0 saturated carbocycles. The van der Waals surface area contributed by atoms with Crippen LogP contribution in [0.4, 0.5) is 5.69 Å². The predicted molar refractivity (Wildman–Crippen MR) is 68.6 cm³/mol. The van der Waals surface area contributed by atoms with Crippen molar-refractivity contribution in [3.8, 4) is 0 Å². The molecule has 0 N–H and O–H groups in total. The van der Waals surface area contributed by atoms with Gasteiger partial charge in [0, 0.05) is 13.1 Å². The van der Waals surface area contributed by atoms with Gasteiger partial charge in [-0.05, 0) is 23.6 Å². The Labute approximate surface area is 102 Å². The Morgan fingerprint density at radius 3 is 2.50 bits per heavy atom. The van der Waals surface area contributed by atoms with E-state index in [-0.39, 0.29) is 0 Å². The van der Waals surface area contributed by atoms with Gasteiger partial charge in [-0.2, -0.15) is 0 Å². The van der Waals surface area contributed by atoms with Crippen molar-refractivity contribution >= 4 is 17.3 Å². The predicted octanol–water partition coefficient (Wildman–Crippen LogP) is 3.30. The molecule has 0 unspecified atom stereocenters. The molecule has 16 heavy (non-hydrogen) atoms.